The lowest BCUT2D eigenvalue weighted by Crippen LogP contribution is -2.23. The SMILES string of the molecule is COc1cc2c3c(c(N[C@H]4CCC[C@@H]4C)nc2cc1OCCCN1CCCC1)CCC3. The third kappa shape index (κ3) is 4.34. The van der Waals surface area contributed by atoms with Gasteiger partial charge in [0.25, 0.3) is 0 Å². The minimum atomic E-state index is 0.550. The average molecular weight is 424 g/mol. The number of benzene rings is 1. The van der Waals surface area contributed by atoms with Crippen LogP contribution in [-0.4, -0.2) is 49.3 Å². The molecular weight excluding hydrogens is 386 g/mol. The summed E-state index contributed by atoms with van der Waals surface area (Å²) in [5, 5.41) is 5.06. The van der Waals surface area contributed by atoms with E-state index >= 15 is 0 Å². The Labute approximate surface area is 186 Å². The second kappa shape index (κ2) is 9.23. The Kier molecular flexibility index (Phi) is 6.22. The lowest BCUT2D eigenvalue weighted by molar-refractivity contribution is 0.254. The first kappa shape index (κ1) is 20.9. The fraction of sp³-hybridized carbons (Fsp3) is 0.654. The molecule has 0 spiro atoms. The standard InChI is InChI=1S/C26H37N3O2/c1-18-8-5-11-22(18)27-26-20-10-6-9-19(20)21-16-24(30-2)25(17-23(21)28-26)31-15-7-14-29-12-3-4-13-29/h16-18,22H,3-15H2,1-2H3,(H,27,28)/t18-,22-/m0/s1. The van der Waals surface area contributed by atoms with Gasteiger partial charge < -0.3 is 19.7 Å². The molecule has 5 rings (SSSR count). The number of rotatable bonds is 8. The van der Waals surface area contributed by atoms with Gasteiger partial charge in [0.15, 0.2) is 11.5 Å². The van der Waals surface area contributed by atoms with E-state index < -0.39 is 0 Å². The second-order valence-electron chi connectivity index (χ2n) is 9.70. The Hall–Kier alpha value is -2.01. The summed E-state index contributed by atoms with van der Waals surface area (Å²) in [4.78, 5) is 7.65. The van der Waals surface area contributed by atoms with E-state index in [0.717, 1.165) is 54.6 Å². The van der Waals surface area contributed by atoms with Gasteiger partial charge in [-0.25, -0.2) is 4.98 Å². The molecule has 1 aromatic heterocycles. The van der Waals surface area contributed by atoms with Gasteiger partial charge in [0.1, 0.15) is 5.82 Å². The number of hydrogen-bond donors (Lipinski definition) is 1. The van der Waals surface area contributed by atoms with Crippen LogP contribution in [0, 0.1) is 5.92 Å². The van der Waals surface area contributed by atoms with Gasteiger partial charge >= 0.3 is 0 Å². The molecule has 1 N–H and O–H groups in total. The predicted molar refractivity (Wildman–Crippen MR) is 127 cm³/mol. The van der Waals surface area contributed by atoms with Gasteiger partial charge in [-0.1, -0.05) is 13.3 Å². The van der Waals surface area contributed by atoms with Crippen LogP contribution < -0.4 is 14.8 Å². The van der Waals surface area contributed by atoms with E-state index in [1.54, 1.807) is 7.11 Å². The zero-order chi connectivity index (χ0) is 21.2. The number of nitrogens with one attached hydrogen (secondary N) is 1. The molecule has 0 unspecified atom stereocenters. The fourth-order valence-electron chi connectivity index (χ4n) is 5.78. The van der Waals surface area contributed by atoms with Crippen molar-refractivity contribution in [3.8, 4) is 11.5 Å². The topological polar surface area (TPSA) is 46.6 Å². The van der Waals surface area contributed by atoms with Crippen LogP contribution in [0.1, 0.15) is 63.0 Å². The highest BCUT2D eigenvalue weighted by Crippen LogP contribution is 2.40. The van der Waals surface area contributed by atoms with Gasteiger partial charge in [0, 0.05) is 24.0 Å². The Bertz CT molecular complexity index is 923. The Morgan fingerprint density at radius 3 is 2.65 bits per heavy atom. The fourth-order valence-corrected chi connectivity index (χ4v) is 5.78. The van der Waals surface area contributed by atoms with Crippen LogP contribution in [0.2, 0.25) is 0 Å². The van der Waals surface area contributed by atoms with Crippen LogP contribution in [0.3, 0.4) is 0 Å². The molecule has 0 radical (unpaired) electrons. The summed E-state index contributed by atoms with van der Waals surface area (Å²) in [6.07, 6.45) is 11.1. The summed E-state index contributed by atoms with van der Waals surface area (Å²) in [5.74, 6) is 3.49. The average Bonchev–Trinajstić information content (AvgIpc) is 3.54. The monoisotopic (exact) mass is 423 g/mol. The number of hydrogen-bond acceptors (Lipinski definition) is 5. The summed E-state index contributed by atoms with van der Waals surface area (Å²) in [6, 6.07) is 4.81. The van der Waals surface area contributed by atoms with Crippen molar-refractivity contribution in [1.82, 2.24) is 9.88 Å². The number of aryl methyl sites for hydroxylation is 1. The predicted octanol–water partition coefficient (Wildman–Crippen LogP) is 5.20. The minimum Gasteiger partial charge on any atom is -0.493 e. The summed E-state index contributed by atoms with van der Waals surface area (Å²) < 4.78 is 11.9. The number of anilines is 1. The minimum absolute atomic E-state index is 0.550. The highest BCUT2D eigenvalue weighted by Gasteiger charge is 2.27. The number of likely N-dealkylation sites (tertiary alicyclic amines) is 1. The number of methoxy groups -OCH3 is 1. The molecule has 2 atom stereocenters. The highest BCUT2D eigenvalue weighted by atomic mass is 16.5. The molecule has 2 aliphatic carbocycles. The van der Waals surface area contributed by atoms with Gasteiger partial charge in [-0.3, -0.25) is 0 Å². The zero-order valence-electron chi connectivity index (χ0n) is 19.2. The van der Waals surface area contributed by atoms with Gasteiger partial charge in [-0.2, -0.15) is 0 Å². The normalized spacial score (nSPS) is 23.4. The first-order valence-corrected chi connectivity index (χ1v) is 12.4. The van der Waals surface area contributed by atoms with Crippen molar-refractivity contribution in [1.29, 1.82) is 0 Å². The van der Waals surface area contributed by atoms with Crippen LogP contribution >= 0.6 is 0 Å². The van der Waals surface area contributed by atoms with E-state index in [0.29, 0.717) is 12.6 Å². The van der Waals surface area contributed by atoms with Crippen molar-refractivity contribution in [2.24, 2.45) is 5.92 Å². The molecule has 2 fully saturated rings. The first-order chi connectivity index (χ1) is 15.2. The molecule has 2 heterocycles. The van der Waals surface area contributed by atoms with Crippen molar-refractivity contribution in [3.63, 3.8) is 0 Å². The maximum Gasteiger partial charge on any atom is 0.163 e. The summed E-state index contributed by atoms with van der Waals surface area (Å²) >= 11 is 0. The van der Waals surface area contributed by atoms with Gasteiger partial charge in [0.2, 0.25) is 0 Å². The van der Waals surface area contributed by atoms with Crippen molar-refractivity contribution in [2.75, 3.05) is 38.7 Å². The summed E-state index contributed by atoms with van der Waals surface area (Å²) in [6.45, 7) is 6.68. The number of nitrogens with zero attached hydrogens (tertiary/aromatic N) is 2. The molecule has 5 heteroatoms. The van der Waals surface area contributed by atoms with Crippen molar-refractivity contribution >= 4 is 16.7 Å². The maximum atomic E-state index is 6.19. The summed E-state index contributed by atoms with van der Waals surface area (Å²) in [7, 11) is 1.74. The van der Waals surface area contributed by atoms with E-state index in [4.69, 9.17) is 14.5 Å². The molecular formula is C26H37N3O2. The third-order valence-corrected chi connectivity index (χ3v) is 7.60. The maximum absolute atomic E-state index is 6.19. The molecule has 5 nitrogen and oxygen atoms in total. The van der Waals surface area contributed by atoms with E-state index in [9.17, 15) is 0 Å². The van der Waals surface area contributed by atoms with E-state index in [-0.39, 0.29) is 0 Å². The van der Waals surface area contributed by atoms with Crippen LogP contribution in [0.5, 0.6) is 11.5 Å². The molecule has 2 aromatic rings. The number of fused-ring (bicyclic) bond motifs is 3. The van der Waals surface area contributed by atoms with Crippen molar-refractivity contribution < 1.29 is 9.47 Å². The molecule has 0 bridgehead atoms. The summed E-state index contributed by atoms with van der Waals surface area (Å²) in [5.41, 5.74) is 3.91. The van der Waals surface area contributed by atoms with Crippen LogP contribution in [0.25, 0.3) is 10.9 Å². The van der Waals surface area contributed by atoms with E-state index in [2.05, 4.69) is 29.3 Å². The Balaban J connectivity index is 1.38. The lowest BCUT2D eigenvalue weighted by Gasteiger charge is -2.21. The third-order valence-electron chi connectivity index (χ3n) is 7.60. The van der Waals surface area contributed by atoms with Crippen molar-refractivity contribution in [2.45, 2.75) is 70.8 Å². The van der Waals surface area contributed by atoms with E-state index in [1.807, 2.05) is 0 Å². The van der Waals surface area contributed by atoms with Gasteiger partial charge in [-0.15, -0.1) is 0 Å². The number of aromatic nitrogens is 1. The Morgan fingerprint density at radius 1 is 1.03 bits per heavy atom. The lowest BCUT2D eigenvalue weighted by atomic mass is 10.0. The Morgan fingerprint density at radius 2 is 1.87 bits per heavy atom. The van der Waals surface area contributed by atoms with Gasteiger partial charge in [-0.05, 0) is 87.6 Å². The zero-order valence-corrected chi connectivity index (χ0v) is 19.2. The largest absolute Gasteiger partial charge is 0.493 e. The molecule has 1 aliphatic heterocycles. The smallest absolute Gasteiger partial charge is 0.163 e. The van der Waals surface area contributed by atoms with Crippen LogP contribution in [0.4, 0.5) is 5.82 Å². The quantitative estimate of drug-likeness (QED) is 0.592. The van der Waals surface area contributed by atoms with Crippen LogP contribution in [0.15, 0.2) is 12.1 Å². The van der Waals surface area contributed by atoms with E-state index in [1.165, 1.54) is 68.1 Å². The molecule has 168 valence electrons. The second-order valence-corrected chi connectivity index (χ2v) is 9.70. The molecule has 3 aliphatic rings. The molecule has 1 saturated heterocycles. The van der Waals surface area contributed by atoms with Crippen LogP contribution in [-0.2, 0) is 12.8 Å². The first-order valence-electron chi connectivity index (χ1n) is 12.4. The van der Waals surface area contributed by atoms with Crippen molar-refractivity contribution in [3.05, 3.63) is 23.3 Å². The molecule has 1 saturated carbocycles. The molecule has 1 aromatic carbocycles. The highest BCUT2D eigenvalue weighted by molar-refractivity contribution is 5.89. The number of pyridine rings is 1. The van der Waals surface area contributed by atoms with Gasteiger partial charge in [0.05, 0.1) is 19.2 Å². The molecule has 31 heavy (non-hydrogen) atoms. The molecule has 0 amide bonds. The number of ether oxygens (including phenoxy) is 2.